The second-order valence-corrected chi connectivity index (χ2v) is 21.2. The van der Waals surface area contributed by atoms with E-state index in [4.69, 9.17) is 4.42 Å². The van der Waals surface area contributed by atoms with Crippen molar-refractivity contribution >= 4 is 60.8 Å². The lowest BCUT2D eigenvalue weighted by molar-refractivity contribution is 0.660. The Balaban J connectivity index is 0.798. The highest BCUT2D eigenvalue weighted by atomic mass is 16.3. The van der Waals surface area contributed by atoms with Gasteiger partial charge < -0.3 is 13.9 Å². The molecule has 2 aromatic heterocycles. The largest absolute Gasteiger partial charge is 0.455 e. The van der Waals surface area contributed by atoms with Crippen molar-refractivity contribution in [3.05, 3.63) is 290 Å². The number of para-hydroxylation sites is 3. The first-order valence-corrected chi connectivity index (χ1v) is 27.0. The van der Waals surface area contributed by atoms with E-state index in [0.717, 1.165) is 72.5 Å². The summed E-state index contributed by atoms with van der Waals surface area (Å²) in [5, 5.41) is 4.73. The van der Waals surface area contributed by atoms with Gasteiger partial charge in [-0.3, -0.25) is 0 Å². The van der Waals surface area contributed by atoms with Crippen molar-refractivity contribution in [3.63, 3.8) is 0 Å². The Bertz CT molecular complexity index is 4510. The van der Waals surface area contributed by atoms with Gasteiger partial charge in [-0.05, 0) is 127 Å². The lowest BCUT2D eigenvalue weighted by Crippen LogP contribution is -2.16. The molecule has 78 heavy (non-hydrogen) atoms. The maximum absolute atomic E-state index is 6.49. The zero-order valence-corrected chi connectivity index (χ0v) is 43.4. The van der Waals surface area contributed by atoms with Gasteiger partial charge in [-0.15, -0.1) is 0 Å². The third-order valence-electron chi connectivity index (χ3n) is 16.4. The van der Waals surface area contributed by atoms with Crippen LogP contribution in [0.1, 0.15) is 25.0 Å². The number of furan rings is 1. The van der Waals surface area contributed by atoms with Crippen LogP contribution in [0.2, 0.25) is 0 Å². The number of fused-ring (bicyclic) bond motifs is 9. The van der Waals surface area contributed by atoms with Gasteiger partial charge in [-0.25, -0.2) is 0 Å². The van der Waals surface area contributed by atoms with Crippen LogP contribution in [0, 0.1) is 0 Å². The Morgan fingerprint density at radius 3 is 1.44 bits per heavy atom. The Morgan fingerprint density at radius 1 is 0.308 bits per heavy atom. The second-order valence-electron chi connectivity index (χ2n) is 21.2. The van der Waals surface area contributed by atoms with Crippen molar-refractivity contribution in [2.45, 2.75) is 19.3 Å². The van der Waals surface area contributed by atoms with Crippen LogP contribution in [0.15, 0.2) is 283 Å². The molecule has 0 amide bonds. The highest BCUT2D eigenvalue weighted by Gasteiger charge is 2.36. The molecule has 0 atom stereocenters. The lowest BCUT2D eigenvalue weighted by atomic mass is 9.82. The Morgan fingerprint density at radius 2 is 0.769 bits per heavy atom. The number of rotatable bonds is 9. The molecular weight excluding hydrogens is 945 g/mol. The number of benzene rings is 12. The van der Waals surface area contributed by atoms with Crippen molar-refractivity contribution in [1.29, 1.82) is 0 Å². The summed E-state index contributed by atoms with van der Waals surface area (Å²) in [7, 11) is 0. The summed E-state index contributed by atoms with van der Waals surface area (Å²) in [4.78, 5) is 2.40. The van der Waals surface area contributed by atoms with Gasteiger partial charge in [0.1, 0.15) is 11.2 Å². The Labute approximate surface area is 454 Å². The maximum Gasteiger partial charge on any atom is 0.143 e. The standard InChI is InChI=1S/C75H52N2O/c1-75(2)68-25-12-9-21-62(68)63-45-42-59(48-69(63)75)76(58-40-34-54(35-41-58)61-23-15-24-67-66-22-11-14-27-73(66)78-74(61)67)57-38-32-52(33-39-57)51-28-30-53(31-29-51)60-20-10-13-26-70(60)77-71-46-55(49-16-5-3-6-17-49)36-43-64(71)65-44-37-56(47-72(65)77)50-18-7-4-8-19-50/h3-48H,1-2H3. The van der Waals surface area contributed by atoms with Gasteiger partial charge in [0.15, 0.2) is 0 Å². The van der Waals surface area contributed by atoms with Crippen LogP contribution in [0.3, 0.4) is 0 Å². The lowest BCUT2D eigenvalue weighted by Gasteiger charge is -2.28. The quantitative estimate of drug-likeness (QED) is 0.144. The van der Waals surface area contributed by atoms with Gasteiger partial charge in [0.2, 0.25) is 0 Å². The average Bonchev–Trinajstić information content (AvgIpc) is 4.26. The fourth-order valence-corrected chi connectivity index (χ4v) is 12.5. The zero-order valence-electron chi connectivity index (χ0n) is 43.4. The van der Waals surface area contributed by atoms with E-state index in [1.165, 1.54) is 71.9 Å². The molecule has 0 aliphatic heterocycles. The SMILES string of the molecule is CC1(C)c2ccccc2-c2ccc(N(c3ccc(-c4ccc(-c5ccccc5-n5c6cc(-c7ccccc7)ccc6c6ccc(-c7ccccc7)cc65)cc4)cc3)c3ccc(-c4cccc5c4oc4ccccc45)cc3)cc21. The smallest absolute Gasteiger partial charge is 0.143 e. The fraction of sp³-hybridized carbons (Fsp3) is 0.0400. The first-order valence-electron chi connectivity index (χ1n) is 27.0. The van der Waals surface area contributed by atoms with E-state index < -0.39 is 0 Å². The minimum atomic E-state index is -0.138. The topological polar surface area (TPSA) is 21.3 Å². The van der Waals surface area contributed by atoms with Gasteiger partial charge in [-0.2, -0.15) is 0 Å². The summed E-state index contributed by atoms with van der Waals surface area (Å²) < 4.78 is 8.97. The highest BCUT2D eigenvalue weighted by Crippen LogP contribution is 2.51. The third-order valence-corrected chi connectivity index (χ3v) is 16.4. The van der Waals surface area contributed by atoms with Crippen LogP contribution < -0.4 is 4.90 Å². The van der Waals surface area contributed by atoms with E-state index in [1.807, 2.05) is 12.1 Å². The molecule has 0 spiro atoms. The molecule has 368 valence electrons. The summed E-state index contributed by atoms with van der Waals surface area (Å²) in [5.41, 5.74) is 25.4. The zero-order chi connectivity index (χ0) is 51.9. The molecule has 12 aromatic carbocycles. The Hall–Kier alpha value is -9.96. The van der Waals surface area contributed by atoms with Gasteiger partial charge >= 0.3 is 0 Å². The molecule has 3 heteroatoms. The molecule has 0 unspecified atom stereocenters. The molecule has 1 aliphatic carbocycles. The first-order chi connectivity index (χ1) is 38.4. The van der Waals surface area contributed by atoms with Crippen LogP contribution in [-0.2, 0) is 5.41 Å². The van der Waals surface area contributed by atoms with Crippen LogP contribution in [0.5, 0.6) is 0 Å². The summed E-state index contributed by atoms with van der Waals surface area (Å²) in [6.45, 7) is 4.71. The molecule has 14 aromatic rings. The van der Waals surface area contributed by atoms with E-state index in [-0.39, 0.29) is 5.41 Å². The van der Waals surface area contributed by atoms with Crippen molar-refractivity contribution in [2.75, 3.05) is 4.90 Å². The van der Waals surface area contributed by atoms with Gasteiger partial charge in [0, 0.05) is 55.1 Å². The first kappa shape index (κ1) is 45.4. The van der Waals surface area contributed by atoms with Crippen molar-refractivity contribution < 1.29 is 4.42 Å². The Kier molecular flexibility index (Phi) is 10.6. The molecule has 0 N–H and O–H groups in total. The normalized spacial score (nSPS) is 12.6. The molecule has 2 heterocycles. The maximum atomic E-state index is 6.49. The van der Waals surface area contributed by atoms with Gasteiger partial charge in [-0.1, -0.05) is 232 Å². The summed E-state index contributed by atoms with van der Waals surface area (Å²) >= 11 is 0. The molecule has 0 radical (unpaired) electrons. The summed E-state index contributed by atoms with van der Waals surface area (Å²) in [5.74, 6) is 0. The van der Waals surface area contributed by atoms with Crippen molar-refractivity contribution in [1.82, 2.24) is 4.57 Å². The summed E-state index contributed by atoms with van der Waals surface area (Å²) in [6.07, 6.45) is 0. The molecular formula is C75H52N2O. The predicted octanol–water partition coefficient (Wildman–Crippen LogP) is 20.8. The number of anilines is 3. The minimum Gasteiger partial charge on any atom is -0.455 e. The van der Waals surface area contributed by atoms with Crippen LogP contribution in [0.4, 0.5) is 17.1 Å². The van der Waals surface area contributed by atoms with Crippen LogP contribution in [-0.4, -0.2) is 4.57 Å². The minimum absolute atomic E-state index is 0.138. The van der Waals surface area contributed by atoms with E-state index in [0.29, 0.717) is 0 Å². The molecule has 3 nitrogen and oxygen atoms in total. The van der Waals surface area contributed by atoms with Crippen molar-refractivity contribution in [2.24, 2.45) is 0 Å². The molecule has 0 bridgehead atoms. The molecule has 0 saturated heterocycles. The number of nitrogens with zero attached hydrogens (tertiary/aromatic N) is 2. The summed E-state index contributed by atoms with van der Waals surface area (Å²) in [6, 6.07) is 102. The van der Waals surface area contributed by atoms with Gasteiger partial charge in [0.25, 0.3) is 0 Å². The second kappa shape index (κ2) is 18.1. The monoisotopic (exact) mass is 996 g/mol. The van der Waals surface area contributed by atoms with Crippen LogP contribution >= 0.6 is 0 Å². The average molecular weight is 997 g/mol. The van der Waals surface area contributed by atoms with Gasteiger partial charge in [0.05, 0.1) is 16.7 Å². The number of aromatic nitrogens is 1. The van der Waals surface area contributed by atoms with E-state index >= 15 is 0 Å². The van der Waals surface area contributed by atoms with Crippen molar-refractivity contribution in [3.8, 4) is 72.4 Å². The fourth-order valence-electron chi connectivity index (χ4n) is 12.5. The number of hydrogen-bond donors (Lipinski definition) is 0. The molecule has 0 saturated carbocycles. The highest BCUT2D eigenvalue weighted by molar-refractivity contribution is 6.12. The van der Waals surface area contributed by atoms with Crippen LogP contribution in [0.25, 0.3) is 116 Å². The van der Waals surface area contributed by atoms with E-state index in [2.05, 4.69) is 290 Å². The third kappa shape index (κ3) is 7.42. The molecule has 15 rings (SSSR count). The molecule has 1 aliphatic rings. The molecule has 0 fully saturated rings. The number of hydrogen-bond acceptors (Lipinski definition) is 2. The van der Waals surface area contributed by atoms with E-state index in [1.54, 1.807) is 0 Å². The van der Waals surface area contributed by atoms with E-state index in [9.17, 15) is 0 Å². The predicted molar refractivity (Wildman–Crippen MR) is 327 cm³/mol.